The van der Waals surface area contributed by atoms with E-state index in [1.807, 2.05) is 11.0 Å². The Labute approximate surface area is 173 Å². The quantitative estimate of drug-likeness (QED) is 0.706. The van der Waals surface area contributed by atoms with Crippen LogP contribution in [-0.4, -0.2) is 92.3 Å². The van der Waals surface area contributed by atoms with Gasteiger partial charge >= 0.3 is 0 Å². The lowest BCUT2D eigenvalue weighted by molar-refractivity contribution is -0.131. The molecule has 29 heavy (non-hydrogen) atoms. The average molecular weight is 422 g/mol. The van der Waals surface area contributed by atoms with Gasteiger partial charge in [-0.05, 0) is 37.8 Å². The van der Waals surface area contributed by atoms with Gasteiger partial charge < -0.3 is 9.80 Å². The van der Waals surface area contributed by atoms with Crippen molar-refractivity contribution in [3.63, 3.8) is 0 Å². The van der Waals surface area contributed by atoms with Crippen molar-refractivity contribution >= 4 is 21.7 Å². The maximum atomic E-state index is 12.8. The van der Waals surface area contributed by atoms with Crippen LogP contribution < -0.4 is 4.90 Å². The van der Waals surface area contributed by atoms with Crippen LogP contribution in [0.15, 0.2) is 23.2 Å². The maximum Gasteiger partial charge on any atom is 0.244 e. The third kappa shape index (κ3) is 4.73. The highest BCUT2D eigenvalue weighted by Gasteiger charge is 2.27. The third-order valence-electron chi connectivity index (χ3n) is 6.19. The molecule has 0 saturated carbocycles. The topological polar surface area (TPSA) is 77.1 Å². The van der Waals surface area contributed by atoms with Gasteiger partial charge in [0.15, 0.2) is 0 Å². The lowest BCUT2D eigenvalue weighted by atomic mass is 10.2. The Kier molecular flexibility index (Phi) is 6.36. The highest BCUT2D eigenvalue weighted by atomic mass is 32.2. The number of amides is 1. The van der Waals surface area contributed by atoms with E-state index in [9.17, 15) is 13.2 Å². The van der Waals surface area contributed by atoms with Gasteiger partial charge in [-0.15, -0.1) is 0 Å². The van der Waals surface area contributed by atoms with Crippen LogP contribution in [0.4, 0.5) is 5.82 Å². The fraction of sp³-hybridized carbons (Fsp3) is 0.700. The monoisotopic (exact) mass is 421 g/mol. The fourth-order valence-corrected chi connectivity index (χ4v) is 5.82. The Balaban J connectivity index is 1.31. The van der Waals surface area contributed by atoms with Crippen LogP contribution in [0, 0.1) is 0 Å². The molecule has 3 aliphatic rings. The smallest absolute Gasteiger partial charge is 0.244 e. The SMILES string of the molecule is O=C(CN1CCN(c2ccc(S(=O)(=O)N3CCCCC3)cn2)CC1)N1CCCC1. The molecule has 4 rings (SSSR count). The van der Waals surface area contributed by atoms with Gasteiger partial charge in [-0.1, -0.05) is 6.42 Å². The zero-order valence-corrected chi connectivity index (χ0v) is 17.8. The van der Waals surface area contributed by atoms with E-state index in [4.69, 9.17) is 0 Å². The number of carbonyl (C=O) groups is 1. The molecule has 0 bridgehead atoms. The number of carbonyl (C=O) groups excluding carboxylic acids is 1. The molecular weight excluding hydrogens is 390 g/mol. The van der Waals surface area contributed by atoms with Crippen LogP contribution in [0.25, 0.3) is 0 Å². The number of hydrogen-bond acceptors (Lipinski definition) is 6. The van der Waals surface area contributed by atoms with Gasteiger partial charge in [0, 0.05) is 58.6 Å². The van der Waals surface area contributed by atoms with Gasteiger partial charge in [-0.2, -0.15) is 4.31 Å². The first kappa shape index (κ1) is 20.6. The second-order valence-corrected chi connectivity index (χ2v) is 10.1. The van der Waals surface area contributed by atoms with Crippen LogP contribution in [-0.2, 0) is 14.8 Å². The summed E-state index contributed by atoms with van der Waals surface area (Å²) in [5, 5.41) is 0. The summed E-state index contributed by atoms with van der Waals surface area (Å²) in [5.74, 6) is 1.04. The lowest BCUT2D eigenvalue weighted by Crippen LogP contribution is -2.50. The van der Waals surface area contributed by atoms with Crippen molar-refractivity contribution in [1.82, 2.24) is 19.1 Å². The molecule has 160 valence electrons. The molecule has 0 aromatic carbocycles. The molecule has 9 heteroatoms. The molecule has 1 aromatic rings. The van der Waals surface area contributed by atoms with E-state index < -0.39 is 10.0 Å². The number of anilines is 1. The predicted octanol–water partition coefficient (Wildman–Crippen LogP) is 1.00. The molecular formula is C20H31N5O3S. The van der Waals surface area contributed by atoms with Crippen LogP contribution in [0.5, 0.6) is 0 Å². The van der Waals surface area contributed by atoms with Gasteiger partial charge in [0.1, 0.15) is 10.7 Å². The molecule has 1 amide bonds. The Morgan fingerprint density at radius 3 is 2.14 bits per heavy atom. The molecule has 0 unspecified atom stereocenters. The number of rotatable bonds is 5. The Morgan fingerprint density at radius 2 is 1.52 bits per heavy atom. The summed E-state index contributed by atoms with van der Waals surface area (Å²) in [5.41, 5.74) is 0. The van der Waals surface area contributed by atoms with Crippen molar-refractivity contribution in [1.29, 1.82) is 0 Å². The minimum absolute atomic E-state index is 0.237. The van der Waals surface area contributed by atoms with Crippen molar-refractivity contribution in [2.45, 2.75) is 37.0 Å². The van der Waals surface area contributed by atoms with Crippen LogP contribution in [0.1, 0.15) is 32.1 Å². The number of pyridine rings is 1. The van der Waals surface area contributed by atoms with Gasteiger partial charge in [0.05, 0.1) is 6.54 Å². The van der Waals surface area contributed by atoms with E-state index in [0.29, 0.717) is 19.6 Å². The number of aromatic nitrogens is 1. The summed E-state index contributed by atoms with van der Waals surface area (Å²) >= 11 is 0. The average Bonchev–Trinajstić information content (AvgIpc) is 3.30. The van der Waals surface area contributed by atoms with E-state index in [1.54, 1.807) is 10.4 Å². The first-order valence-corrected chi connectivity index (χ1v) is 12.2. The molecule has 0 aliphatic carbocycles. The van der Waals surface area contributed by atoms with E-state index in [-0.39, 0.29) is 10.8 Å². The highest BCUT2D eigenvalue weighted by Crippen LogP contribution is 2.22. The largest absolute Gasteiger partial charge is 0.354 e. The van der Waals surface area contributed by atoms with Crippen molar-refractivity contribution in [2.24, 2.45) is 0 Å². The molecule has 0 spiro atoms. The van der Waals surface area contributed by atoms with Gasteiger partial charge in [-0.3, -0.25) is 9.69 Å². The first-order chi connectivity index (χ1) is 14.0. The van der Waals surface area contributed by atoms with Crippen LogP contribution in [0.2, 0.25) is 0 Å². The number of nitrogens with zero attached hydrogens (tertiary/aromatic N) is 5. The van der Waals surface area contributed by atoms with Gasteiger partial charge in [0.2, 0.25) is 15.9 Å². The molecule has 3 saturated heterocycles. The minimum atomic E-state index is -3.44. The highest BCUT2D eigenvalue weighted by molar-refractivity contribution is 7.89. The Hall–Kier alpha value is -1.71. The summed E-state index contributed by atoms with van der Waals surface area (Å²) in [6, 6.07) is 3.48. The maximum absolute atomic E-state index is 12.8. The minimum Gasteiger partial charge on any atom is -0.354 e. The number of piperidine rings is 1. The van der Waals surface area contributed by atoms with Gasteiger partial charge in [0.25, 0.3) is 0 Å². The molecule has 8 nitrogen and oxygen atoms in total. The van der Waals surface area contributed by atoms with Crippen molar-refractivity contribution in [2.75, 3.05) is 63.8 Å². The van der Waals surface area contributed by atoms with E-state index in [1.165, 1.54) is 6.20 Å². The zero-order valence-electron chi connectivity index (χ0n) is 17.0. The Morgan fingerprint density at radius 1 is 0.862 bits per heavy atom. The molecule has 0 N–H and O–H groups in total. The number of likely N-dealkylation sites (tertiary alicyclic amines) is 1. The van der Waals surface area contributed by atoms with Crippen molar-refractivity contribution in [3.05, 3.63) is 18.3 Å². The van der Waals surface area contributed by atoms with Crippen molar-refractivity contribution < 1.29 is 13.2 Å². The fourth-order valence-electron chi connectivity index (χ4n) is 4.36. The molecule has 4 heterocycles. The molecule has 0 radical (unpaired) electrons. The first-order valence-electron chi connectivity index (χ1n) is 10.8. The zero-order chi connectivity index (χ0) is 20.3. The van der Waals surface area contributed by atoms with Crippen molar-refractivity contribution in [3.8, 4) is 0 Å². The Bertz CT molecular complexity index is 794. The number of hydrogen-bond donors (Lipinski definition) is 0. The summed E-state index contributed by atoms with van der Waals surface area (Å²) in [4.78, 5) is 23.4. The van der Waals surface area contributed by atoms with E-state index in [2.05, 4.69) is 14.8 Å². The second-order valence-electron chi connectivity index (χ2n) is 8.17. The number of sulfonamides is 1. The van der Waals surface area contributed by atoms with E-state index >= 15 is 0 Å². The standard InChI is InChI=1S/C20H31N5O3S/c26-20(24-8-4-5-9-24)17-22-12-14-23(15-13-22)19-7-6-18(16-21-19)29(27,28)25-10-2-1-3-11-25/h6-7,16H,1-5,8-15,17H2. The third-order valence-corrected chi connectivity index (χ3v) is 8.07. The molecule has 1 aromatic heterocycles. The summed E-state index contributed by atoms with van der Waals surface area (Å²) in [7, 11) is -3.44. The predicted molar refractivity (Wildman–Crippen MR) is 111 cm³/mol. The molecule has 3 fully saturated rings. The molecule has 3 aliphatic heterocycles. The van der Waals surface area contributed by atoms with Gasteiger partial charge in [-0.25, -0.2) is 13.4 Å². The molecule has 0 atom stereocenters. The number of piperazine rings is 1. The van der Waals surface area contributed by atoms with Crippen LogP contribution >= 0.6 is 0 Å². The van der Waals surface area contributed by atoms with Crippen LogP contribution in [0.3, 0.4) is 0 Å². The lowest BCUT2D eigenvalue weighted by Gasteiger charge is -2.35. The summed E-state index contributed by atoms with van der Waals surface area (Å²) in [6.07, 6.45) is 6.68. The normalized spacial score (nSPS) is 22.2. The summed E-state index contributed by atoms with van der Waals surface area (Å²) in [6.45, 7) is 6.70. The van der Waals surface area contributed by atoms with E-state index in [0.717, 1.165) is 77.2 Å². The second kappa shape index (κ2) is 8.97. The summed E-state index contributed by atoms with van der Waals surface area (Å²) < 4.78 is 27.1.